The van der Waals surface area contributed by atoms with Crippen LogP contribution >= 0.6 is 11.6 Å². The number of hydrogen-bond donors (Lipinski definition) is 0. The van der Waals surface area contributed by atoms with Gasteiger partial charge in [0.1, 0.15) is 12.5 Å². The van der Waals surface area contributed by atoms with Crippen LogP contribution in [0.5, 0.6) is 5.75 Å². The molecular formula is C35H48ClNO5. The fraction of sp³-hybridized carbons (Fsp3) is 0.543. The smallest absolute Gasteiger partial charge is 0.311 e. The lowest BCUT2D eigenvalue weighted by molar-refractivity contribution is -0.136. The first-order valence-electron chi connectivity index (χ1n) is 14.8. The van der Waals surface area contributed by atoms with E-state index in [0.29, 0.717) is 55.4 Å². The zero-order valence-corrected chi connectivity index (χ0v) is 27.6. The molecule has 0 spiro atoms. The Morgan fingerprint density at radius 2 is 1.50 bits per heavy atom. The molecule has 0 saturated carbocycles. The van der Waals surface area contributed by atoms with Crippen LogP contribution in [0.1, 0.15) is 96.8 Å². The largest absolute Gasteiger partial charge is 0.426 e. The Labute approximate surface area is 256 Å². The summed E-state index contributed by atoms with van der Waals surface area (Å²) in [6.07, 6.45) is 1.28. The number of aromatic nitrogens is 1. The molecule has 0 fully saturated rings. The second-order valence-corrected chi connectivity index (χ2v) is 14.8. The number of hydrogen-bond acceptors (Lipinski definition) is 5. The Hall–Kier alpha value is -2.67. The number of benzene rings is 2. The standard InChI is InChI=1S/C35H48ClNO5/c1-10-40-23-41-22-35(8,9)18-29-32(30(38)19-33(2,3)4)27-17-26(42-31(39)20-34(5,6)7)15-16-28(27)37(29)21-24-11-13-25(36)14-12-24/h11-17H,10,18-23H2,1-9H3. The van der Waals surface area contributed by atoms with E-state index >= 15 is 0 Å². The molecule has 0 aliphatic carbocycles. The molecular weight excluding hydrogens is 550 g/mol. The van der Waals surface area contributed by atoms with E-state index in [1.54, 1.807) is 0 Å². The Morgan fingerprint density at radius 1 is 0.857 bits per heavy atom. The van der Waals surface area contributed by atoms with Gasteiger partial charge in [0.15, 0.2) is 5.78 Å². The maximum Gasteiger partial charge on any atom is 0.311 e. The van der Waals surface area contributed by atoms with Gasteiger partial charge in [-0.2, -0.15) is 0 Å². The molecule has 1 heterocycles. The number of ether oxygens (including phenoxy) is 3. The van der Waals surface area contributed by atoms with Crippen molar-refractivity contribution in [2.75, 3.05) is 20.0 Å². The molecule has 2 aromatic carbocycles. The van der Waals surface area contributed by atoms with Crippen molar-refractivity contribution in [3.05, 3.63) is 64.3 Å². The summed E-state index contributed by atoms with van der Waals surface area (Å²) in [5.41, 5.74) is 2.92. The number of rotatable bonds is 13. The third-order valence-electron chi connectivity index (χ3n) is 6.78. The van der Waals surface area contributed by atoms with Crippen molar-refractivity contribution in [1.29, 1.82) is 0 Å². The summed E-state index contributed by atoms with van der Waals surface area (Å²) in [5.74, 6) is 0.218. The fourth-order valence-electron chi connectivity index (χ4n) is 5.03. The molecule has 3 rings (SSSR count). The molecule has 0 aliphatic heterocycles. The van der Waals surface area contributed by atoms with Crippen LogP contribution in [-0.4, -0.2) is 36.3 Å². The third-order valence-corrected chi connectivity index (χ3v) is 7.03. The molecule has 0 atom stereocenters. The highest BCUT2D eigenvalue weighted by atomic mass is 35.5. The van der Waals surface area contributed by atoms with E-state index in [0.717, 1.165) is 22.2 Å². The van der Waals surface area contributed by atoms with E-state index in [2.05, 4.69) is 39.2 Å². The minimum Gasteiger partial charge on any atom is -0.426 e. The predicted octanol–water partition coefficient (Wildman–Crippen LogP) is 8.88. The van der Waals surface area contributed by atoms with Crippen LogP contribution in [0.3, 0.4) is 0 Å². The Balaban J connectivity index is 2.19. The van der Waals surface area contributed by atoms with Gasteiger partial charge in [-0.15, -0.1) is 0 Å². The summed E-state index contributed by atoms with van der Waals surface area (Å²) in [6, 6.07) is 13.4. The van der Waals surface area contributed by atoms with Crippen LogP contribution < -0.4 is 4.74 Å². The predicted molar refractivity (Wildman–Crippen MR) is 171 cm³/mol. The summed E-state index contributed by atoms with van der Waals surface area (Å²) in [6.45, 7) is 20.3. The van der Waals surface area contributed by atoms with Crippen molar-refractivity contribution in [2.45, 2.75) is 88.1 Å². The van der Waals surface area contributed by atoms with Gasteiger partial charge in [0, 0.05) is 46.8 Å². The van der Waals surface area contributed by atoms with Crippen LogP contribution in [-0.2, 0) is 27.2 Å². The van der Waals surface area contributed by atoms with Crippen LogP contribution in [0.4, 0.5) is 0 Å². The van der Waals surface area contributed by atoms with Crippen molar-refractivity contribution in [1.82, 2.24) is 4.57 Å². The van der Waals surface area contributed by atoms with E-state index < -0.39 is 0 Å². The number of esters is 1. The fourth-order valence-corrected chi connectivity index (χ4v) is 5.16. The zero-order chi connectivity index (χ0) is 31.3. The summed E-state index contributed by atoms with van der Waals surface area (Å²) in [7, 11) is 0. The first-order chi connectivity index (χ1) is 19.5. The number of Topliss-reactive ketones (excluding diaryl/α,β-unsaturated/α-hetero) is 1. The van der Waals surface area contributed by atoms with Gasteiger partial charge in [0.05, 0.1) is 13.0 Å². The second-order valence-electron chi connectivity index (χ2n) is 14.4. The van der Waals surface area contributed by atoms with Crippen molar-refractivity contribution in [2.24, 2.45) is 16.2 Å². The molecule has 0 N–H and O–H groups in total. The topological polar surface area (TPSA) is 66.8 Å². The Bertz CT molecular complexity index is 1370. The van der Waals surface area contributed by atoms with Crippen LogP contribution in [0, 0.1) is 16.2 Å². The lowest BCUT2D eigenvalue weighted by atomic mass is 9.83. The second kappa shape index (κ2) is 13.7. The molecule has 6 nitrogen and oxygen atoms in total. The maximum absolute atomic E-state index is 14.1. The lowest BCUT2D eigenvalue weighted by Gasteiger charge is -2.26. The Morgan fingerprint density at radius 3 is 2.10 bits per heavy atom. The molecule has 230 valence electrons. The first kappa shape index (κ1) is 33.8. The Kier molecular flexibility index (Phi) is 11.1. The van der Waals surface area contributed by atoms with E-state index in [-0.39, 0.29) is 34.8 Å². The molecule has 0 saturated heterocycles. The molecule has 0 aliphatic rings. The maximum atomic E-state index is 14.1. The summed E-state index contributed by atoms with van der Waals surface area (Å²) in [4.78, 5) is 26.8. The number of fused-ring (bicyclic) bond motifs is 1. The number of halogens is 1. The summed E-state index contributed by atoms with van der Waals surface area (Å²) in [5, 5.41) is 1.46. The quantitative estimate of drug-likeness (QED) is 0.0647. The lowest BCUT2D eigenvalue weighted by Crippen LogP contribution is -2.26. The van der Waals surface area contributed by atoms with Crippen LogP contribution in [0.2, 0.25) is 5.02 Å². The van der Waals surface area contributed by atoms with Crippen molar-refractivity contribution >= 4 is 34.3 Å². The molecule has 1 aromatic heterocycles. The SMILES string of the molecule is CCOCOCC(C)(C)Cc1c(C(=O)CC(C)(C)C)c2cc(OC(=O)CC(C)(C)C)ccc2n1Cc1ccc(Cl)cc1. The van der Waals surface area contributed by atoms with Crippen molar-refractivity contribution < 1.29 is 23.8 Å². The number of carbonyl (C=O) groups excluding carboxylic acids is 2. The van der Waals surface area contributed by atoms with Gasteiger partial charge >= 0.3 is 5.97 Å². The van der Waals surface area contributed by atoms with Gasteiger partial charge < -0.3 is 18.8 Å². The first-order valence-corrected chi connectivity index (χ1v) is 15.1. The van der Waals surface area contributed by atoms with Crippen LogP contribution in [0.25, 0.3) is 10.9 Å². The van der Waals surface area contributed by atoms with Gasteiger partial charge in [0.25, 0.3) is 0 Å². The van der Waals surface area contributed by atoms with E-state index in [9.17, 15) is 9.59 Å². The van der Waals surface area contributed by atoms with Gasteiger partial charge in [-0.1, -0.05) is 79.1 Å². The summed E-state index contributed by atoms with van der Waals surface area (Å²) >= 11 is 6.19. The average Bonchev–Trinajstić information content (AvgIpc) is 3.12. The third kappa shape index (κ3) is 9.96. The summed E-state index contributed by atoms with van der Waals surface area (Å²) < 4.78 is 19.3. The zero-order valence-electron chi connectivity index (χ0n) is 26.9. The number of nitrogens with zero attached hydrogens (tertiary/aromatic N) is 1. The van der Waals surface area contributed by atoms with Crippen molar-refractivity contribution in [3.8, 4) is 5.75 Å². The highest BCUT2D eigenvalue weighted by Gasteiger charge is 2.31. The highest BCUT2D eigenvalue weighted by molar-refractivity contribution is 6.30. The molecule has 0 radical (unpaired) electrons. The van der Waals surface area contributed by atoms with E-state index in [4.69, 9.17) is 25.8 Å². The van der Waals surface area contributed by atoms with Gasteiger partial charge in [-0.25, -0.2) is 0 Å². The monoisotopic (exact) mass is 597 g/mol. The molecule has 3 aromatic rings. The van der Waals surface area contributed by atoms with Gasteiger partial charge in [-0.05, 0) is 65.5 Å². The normalized spacial score (nSPS) is 12.6. The molecule has 0 amide bonds. The van der Waals surface area contributed by atoms with Gasteiger partial charge in [0.2, 0.25) is 0 Å². The molecule has 7 heteroatoms. The molecule has 42 heavy (non-hydrogen) atoms. The van der Waals surface area contributed by atoms with E-state index in [1.165, 1.54) is 0 Å². The van der Waals surface area contributed by atoms with E-state index in [1.807, 2.05) is 70.2 Å². The number of carbonyl (C=O) groups is 2. The number of ketones is 1. The van der Waals surface area contributed by atoms with Crippen LogP contribution in [0.15, 0.2) is 42.5 Å². The molecule has 0 bridgehead atoms. The van der Waals surface area contributed by atoms with Crippen molar-refractivity contribution in [3.63, 3.8) is 0 Å². The average molecular weight is 598 g/mol. The minimum atomic E-state index is -0.294. The minimum absolute atomic E-state index is 0.0709. The molecule has 0 unspecified atom stereocenters. The highest BCUT2D eigenvalue weighted by Crippen LogP contribution is 2.37. The van der Waals surface area contributed by atoms with Gasteiger partial charge in [-0.3, -0.25) is 9.59 Å².